The Bertz CT molecular complexity index is 3260. The number of anilines is 6. The first kappa shape index (κ1) is 34.4. The standard InChI is InChI=1S/C56H38N2O/c1-4-16-39(17-5-1)40-28-30-45(31-29-40)57(43-19-6-2-7-20-43)47-34-42(53-36-41-18-10-11-23-49(41)50-24-12-13-25-51(50)53)35-48(37-47)58(44-21-8-3-9-22-44)46-32-33-56-54(38-46)52-26-14-15-27-55(52)59-56/h1-38H. The minimum Gasteiger partial charge on any atom is -0.456 e. The molecule has 3 heteroatoms. The minimum absolute atomic E-state index is 0.870. The van der Waals surface area contributed by atoms with Crippen LogP contribution < -0.4 is 9.80 Å². The van der Waals surface area contributed by atoms with Crippen molar-refractivity contribution in [1.82, 2.24) is 0 Å². The van der Waals surface area contributed by atoms with Crippen LogP contribution in [0.4, 0.5) is 34.1 Å². The number of para-hydroxylation sites is 3. The predicted octanol–water partition coefficient (Wildman–Crippen LogP) is 16.2. The smallest absolute Gasteiger partial charge is 0.135 e. The molecule has 0 aliphatic rings. The van der Waals surface area contributed by atoms with E-state index in [1.54, 1.807) is 0 Å². The van der Waals surface area contributed by atoms with Gasteiger partial charge in [0.1, 0.15) is 11.2 Å². The van der Waals surface area contributed by atoms with E-state index in [1.165, 1.54) is 38.2 Å². The van der Waals surface area contributed by atoms with E-state index in [2.05, 4.69) is 228 Å². The van der Waals surface area contributed by atoms with E-state index in [0.717, 1.165) is 61.6 Å². The van der Waals surface area contributed by atoms with Crippen LogP contribution in [0.2, 0.25) is 0 Å². The van der Waals surface area contributed by atoms with Crippen molar-refractivity contribution in [1.29, 1.82) is 0 Å². The summed E-state index contributed by atoms with van der Waals surface area (Å²) in [4.78, 5) is 4.75. The van der Waals surface area contributed by atoms with Crippen molar-refractivity contribution in [3.05, 3.63) is 231 Å². The van der Waals surface area contributed by atoms with Crippen LogP contribution in [0.15, 0.2) is 235 Å². The molecule has 1 heterocycles. The summed E-state index contributed by atoms with van der Waals surface area (Å²) in [5, 5.41) is 7.09. The minimum atomic E-state index is 0.870. The monoisotopic (exact) mass is 754 g/mol. The maximum atomic E-state index is 6.31. The molecule has 0 radical (unpaired) electrons. The Hall–Kier alpha value is -7.88. The lowest BCUT2D eigenvalue weighted by Crippen LogP contribution is -2.13. The lowest BCUT2D eigenvalue weighted by Gasteiger charge is -2.30. The molecule has 0 fully saturated rings. The van der Waals surface area contributed by atoms with E-state index >= 15 is 0 Å². The summed E-state index contributed by atoms with van der Waals surface area (Å²) >= 11 is 0. The highest BCUT2D eigenvalue weighted by Crippen LogP contribution is 2.46. The number of nitrogens with zero attached hydrogens (tertiary/aromatic N) is 2. The van der Waals surface area contributed by atoms with Crippen LogP contribution in [0.25, 0.3) is 65.7 Å². The molecule has 278 valence electrons. The van der Waals surface area contributed by atoms with Crippen LogP contribution in [0, 0.1) is 0 Å². The van der Waals surface area contributed by atoms with Gasteiger partial charge in [-0.2, -0.15) is 0 Å². The third kappa shape index (κ3) is 6.26. The number of benzene rings is 10. The number of rotatable bonds is 8. The van der Waals surface area contributed by atoms with Gasteiger partial charge in [0, 0.05) is 44.9 Å². The van der Waals surface area contributed by atoms with Crippen molar-refractivity contribution in [2.24, 2.45) is 0 Å². The van der Waals surface area contributed by atoms with Crippen molar-refractivity contribution in [3.8, 4) is 22.3 Å². The molecule has 0 N–H and O–H groups in total. The van der Waals surface area contributed by atoms with E-state index in [9.17, 15) is 0 Å². The Kier molecular flexibility index (Phi) is 8.49. The Morgan fingerprint density at radius 1 is 0.254 bits per heavy atom. The van der Waals surface area contributed by atoms with Gasteiger partial charge in [-0.15, -0.1) is 0 Å². The molecular weight excluding hydrogens is 717 g/mol. The highest BCUT2D eigenvalue weighted by Gasteiger charge is 2.21. The Balaban J connectivity index is 1.19. The highest BCUT2D eigenvalue weighted by molar-refractivity contribution is 6.14. The second-order valence-corrected chi connectivity index (χ2v) is 15.0. The molecule has 0 saturated heterocycles. The summed E-state index contributed by atoms with van der Waals surface area (Å²) in [6.45, 7) is 0. The molecule has 0 aliphatic carbocycles. The van der Waals surface area contributed by atoms with Crippen LogP contribution >= 0.6 is 0 Å². The molecule has 1 aromatic heterocycles. The molecule has 11 rings (SSSR count). The first-order valence-electron chi connectivity index (χ1n) is 20.1. The lowest BCUT2D eigenvalue weighted by molar-refractivity contribution is 0.669. The molecule has 0 bridgehead atoms. The van der Waals surface area contributed by atoms with Crippen LogP contribution in [0.1, 0.15) is 0 Å². The van der Waals surface area contributed by atoms with Gasteiger partial charge >= 0.3 is 0 Å². The Morgan fingerprint density at radius 3 is 1.44 bits per heavy atom. The van der Waals surface area contributed by atoms with Crippen molar-refractivity contribution in [2.75, 3.05) is 9.80 Å². The molecule has 0 amide bonds. The summed E-state index contributed by atoms with van der Waals surface area (Å²) in [6, 6.07) is 82.6. The maximum absolute atomic E-state index is 6.31. The van der Waals surface area contributed by atoms with Gasteiger partial charge in [0.05, 0.1) is 0 Å². The zero-order valence-electron chi connectivity index (χ0n) is 32.2. The van der Waals surface area contributed by atoms with Crippen LogP contribution in [0.5, 0.6) is 0 Å². The van der Waals surface area contributed by atoms with Gasteiger partial charge in [-0.25, -0.2) is 0 Å². The zero-order valence-corrected chi connectivity index (χ0v) is 32.2. The predicted molar refractivity (Wildman–Crippen MR) is 249 cm³/mol. The molecule has 0 spiro atoms. The molecule has 0 unspecified atom stereocenters. The van der Waals surface area contributed by atoms with Gasteiger partial charge in [0.2, 0.25) is 0 Å². The van der Waals surface area contributed by atoms with Crippen molar-refractivity contribution in [2.45, 2.75) is 0 Å². The lowest BCUT2D eigenvalue weighted by atomic mass is 9.92. The summed E-state index contributed by atoms with van der Waals surface area (Å²) < 4.78 is 6.31. The van der Waals surface area contributed by atoms with E-state index in [4.69, 9.17) is 4.42 Å². The van der Waals surface area contributed by atoms with Gasteiger partial charge in [-0.1, -0.05) is 146 Å². The van der Waals surface area contributed by atoms with Crippen molar-refractivity contribution in [3.63, 3.8) is 0 Å². The third-order valence-corrected chi connectivity index (χ3v) is 11.4. The normalized spacial score (nSPS) is 11.4. The molecule has 10 aromatic carbocycles. The molecular formula is C56H38N2O. The van der Waals surface area contributed by atoms with Gasteiger partial charge in [0.25, 0.3) is 0 Å². The molecule has 0 saturated carbocycles. The topological polar surface area (TPSA) is 19.6 Å². The average molecular weight is 755 g/mol. The fourth-order valence-electron chi connectivity index (χ4n) is 8.64. The fourth-order valence-corrected chi connectivity index (χ4v) is 8.64. The SMILES string of the molecule is c1ccc(-c2ccc(N(c3ccccc3)c3cc(-c4cc5ccccc5c5ccccc45)cc(N(c4ccccc4)c4ccc5oc6ccccc6c5c4)c3)cc2)cc1. The number of furan rings is 1. The first-order valence-corrected chi connectivity index (χ1v) is 20.1. The number of hydrogen-bond donors (Lipinski definition) is 0. The molecule has 0 aliphatic heterocycles. The number of hydrogen-bond acceptors (Lipinski definition) is 3. The molecule has 11 aromatic rings. The summed E-state index contributed by atoms with van der Waals surface area (Å²) in [6.07, 6.45) is 0. The summed E-state index contributed by atoms with van der Waals surface area (Å²) in [5.41, 5.74) is 12.8. The van der Waals surface area contributed by atoms with Crippen molar-refractivity contribution >= 4 is 77.6 Å². The fraction of sp³-hybridized carbons (Fsp3) is 0. The molecule has 0 atom stereocenters. The zero-order chi connectivity index (χ0) is 39.1. The first-order chi connectivity index (χ1) is 29.2. The van der Waals surface area contributed by atoms with E-state index in [0.29, 0.717) is 0 Å². The van der Waals surface area contributed by atoms with Gasteiger partial charge in [-0.05, 0) is 129 Å². The number of fused-ring (bicyclic) bond motifs is 6. The summed E-state index contributed by atoms with van der Waals surface area (Å²) in [7, 11) is 0. The van der Waals surface area contributed by atoms with E-state index in [-0.39, 0.29) is 0 Å². The third-order valence-electron chi connectivity index (χ3n) is 11.4. The largest absolute Gasteiger partial charge is 0.456 e. The second kappa shape index (κ2) is 14.6. The van der Waals surface area contributed by atoms with Gasteiger partial charge in [-0.3, -0.25) is 0 Å². The highest BCUT2D eigenvalue weighted by atomic mass is 16.3. The Labute approximate surface area is 343 Å². The van der Waals surface area contributed by atoms with Gasteiger partial charge < -0.3 is 14.2 Å². The van der Waals surface area contributed by atoms with E-state index < -0.39 is 0 Å². The van der Waals surface area contributed by atoms with Crippen LogP contribution in [-0.4, -0.2) is 0 Å². The van der Waals surface area contributed by atoms with E-state index in [1.807, 2.05) is 12.1 Å². The maximum Gasteiger partial charge on any atom is 0.135 e. The summed E-state index contributed by atoms with van der Waals surface area (Å²) in [5.74, 6) is 0. The quantitative estimate of drug-likeness (QED) is 0.144. The average Bonchev–Trinajstić information content (AvgIpc) is 3.68. The van der Waals surface area contributed by atoms with Gasteiger partial charge in [0.15, 0.2) is 0 Å². The van der Waals surface area contributed by atoms with Crippen molar-refractivity contribution < 1.29 is 4.42 Å². The molecule has 3 nitrogen and oxygen atoms in total. The van der Waals surface area contributed by atoms with Crippen LogP contribution in [-0.2, 0) is 0 Å². The second-order valence-electron chi connectivity index (χ2n) is 15.0. The van der Waals surface area contributed by atoms with Crippen LogP contribution in [0.3, 0.4) is 0 Å². The molecule has 59 heavy (non-hydrogen) atoms. The Morgan fingerprint density at radius 2 is 0.746 bits per heavy atom.